The van der Waals surface area contributed by atoms with Crippen LogP contribution in [0.25, 0.3) is 0 Å². The number of benzene rings is 1. The molecule has 0 amide bonds. The fourth-order valence-corrected chi connectivity index (χ4v) is 1.41. The van der Waals surface area contributed by atoms with Crippen LogP contribution in [0, 0.1) is 0 Å². The van der Waals surface area contributed by atoms with Crippen LogP contribution in [0.5, 0.6) is 0 Å². The van der Waals surface area contributed by atoms with Gasteiger partial charge in [-0.15, -0.1) is 0 Å². The van der Waals surface area contributed by atoms with Crippen LogP contribution in [0.1, 0.15) is 12.5 Å². The summed E-state index contributed by atoms with van der Waals surface area (Å²) in [6.07, 6.45) is 1.98. The van der Waals surface area contributed by atoms with Crippen LogP contribution in [0.3, 0.4) is 0 Å². The second-order valence-electron chi connectivity index (χ2n) is 2.88. The van der Waals surface area contributed by atoms with E-state index in [-0.39, 0.29) is 0 Å². The Morgan fingerprint density at radius 3 is 2.38 bits per heavy atom. The van der Waals surface area contributed by atoms with Gasteiger partial charge < -0.3 is 0 Å². The third-order valence-corrected chi connectivity index (χ3v) is 2.33. The molecule has 0 atom stereocenters. The molecule has 2 rings (SSSR count). The van der Waals surface area contributed by atoms with Crippen molar-refractivity contribution in [1.29, 1.82) is 0 Å². The molecule has 1 heterocycles. The molecule has 0 unspecified atom stereocenters. The summed E-state index contributed by atoms with van der Waals surface area (Å²) >= 11 is 3.39. The topological polar surface area (TPSA) is 26.5 Å². The van der Waals surface area contributed by atoms with Crippen LogP contribution in [0.15, 0.2) is 45.6 Å². The summed E-state index contributed by atoms with van der Waals surface area (Å²) in [5.74, 6) is 0. The lowest BCUT2D eigenvalue weighted by atomic mass is 10.1. The van der Waals surface area contributed by atoms with Gasteiger partial charge in [0.25, 0.3) is 0 Å². The minimum Gasteiger partial charge on any atom is -0.155 e. The number of halogens is 1. The minimum atomic E-state index is 0.935. The summed E-state index contributed by atoms with van der Waals surface area (Å²) in [5.41, 5.74) is 6.95. The maximum absolute atomic E-state index is 4.05. The van der Waals surface area contributed by atoms with Crippen molar-refractivity contribution < 1.29 is 0 Å². The zero-order chi connectivity index (χ0) is 9.26. The fraction of sp³-hybridized carbons (Fsp3) is 0.100. The second-order valence-corrected chi connectivity index (χ2v) is 3.79. The number of hydrogen-bond donors (Lipinski definition) is 0. The third kappa shape index (κ3) is 1.80. The van der Waals surface area contributed by atoms with Gasteiger partial charge in [-0.2, -0.15) is 10.5 Å². The van der Waals surface area contributed by atoms with Gasteiger partial charge in [0.2, 0.25) is 0 Å². The Kier molecular flexibility index (Phi) is 2.19. The molecule has 0 aliphatic carbocycles. The standard InChI is InChI=1S/C10H8BrN2/c1-7-6-10(13-12-7)8-2-4-9(11)5-3-8/h2-6H,1H3. The predicted molar refractivity (Wildman–Crippen MR) is 56.6 cm³/mol. The summed E-state index contributed by atoms with van der Waals surface area (Å²) in [7, 11) is 0. The highest BCUT2D eigenvalue weighted by atomic mass is 79.9. The van der Waals surface area contributed by atoms with Gasteiger partial charge in [0.05, 0.1) is 11.4 Å². The van der Waals surface area contributed by atoms with Crippen LogP contribution in [-0.2, 0) is 0 Å². The lowest BCUT2D eigenvalue weighted by Gasteiger charge is -1.96. The highest BCUT2D eigenvalue weighted by Crippen LogP contribution is 2.14. The molecule has 3 heteroatoms. The molecule has 0 aromatic heterocycles. The first-order valence-electron chi connectivity index (χ1n) is 3.98. The average Bonchev–Trinajstić information content (AvgIpc) is 2.53. The molecule has 1 aromatic carbocycles. The van der Waals surface area contributed by atoms with E-state index >= 15 is 0 Å². The van der Waals surface area contributed by atoms with E-state index in [0.29, 0.717) is 0 Å². The average molecular weight is 236 g/mol. The van der Waals surface area contributed by atoms with E-state index in [1.54, 1.807) is 0 Å². The molecule has 0 N–H and O–H groups in total. The summed E-state index contributed by atoms with van der Waals surface area (Å²) in [6, 6.07) is 8.04. The molecule has 0 bridgehead atoms. The first kappa shape index (κ1) is 8.51. The Balaban J connectivity index is 2.32. The van der Waals surface area contributed by atoms with Gasteiger partial charge in [-0.3, -0.25) is 0 Å². The van der Waals surface area contributed by atoms with Crippen LogP contribution >= 0.6 is 15.9 Å². The molecule has 1 aliphatic heterocycles. The normalized spacial score (nSPS) is 14.9. The molecular formula is C10H8BrN2. The minimum absolute atomic E-state index is 0.935. The van der Waals surface area contributed by atoms with Crippen molar-refractivity contribution in [2.75, 3.05) is 0 Å². The van der Waals surface area contributed by atoms with Crippen molar-refractivity contribution in [1.82, 2.24) is 5.43 Å². The van der Waals surface area contributed by atoms with Gasteiger partial charge in [-0.05, 0) is 25.1 Å². The van der Waals surface area contributed by atoms with Gasteiger partial charge in [0, 0.05) is 10.0 Å². The smallest absolute Gasteiger partial charge is 0.0947 e. The van der Waals surface area contributed by atoms with Crippen LogP contribution in [0.4, 0.5) is 0 Å². The van der Waals surface area contributed by atoms with E-state index in [1.807, 2.05) is 37.3 Å². The maximum Gasteiger partial charge on any atom is 0.0947 e. The van der Waals surface area contributed by atoms with Crippen molar-refractivity contribution in [2.45, 2.75) is 6.92 Å². The first-order valence-corrected chi connectivity index (χ1v) is 4.78. The largest absolute Gasteiger partial charge is 0.155 e. The van der Waals surface area contributed by atoms with Gasteiger partial charge in [0.15, 0.2) is 0 Å². The first-order chi connectivity index (χ1) is 6.25. The van der Waals surface area contributed by atoms with Crippen LogP contribution in [-0.4, -0.2) is 5.71 Å². The number of hydrogen-bond acceptors (Lipinski definition) is 1. The molecule has 1 aliphatic rings. The molecule has 2 nitrogen and oxygen atoms in total. The van der Waals surface area contributed by atoms with Crippen molar-refractivity contribution in [3.05, 3.63) is 46.1 Å². The third-order valence-electron chi connectivity index (χ3n) is 1.80. The summed E-state index contributed by atoms with van der Waals surface area (Å²) in [6.45, 7) is 1.94. The van der Waals surface area contributed by atoms with Gasteiger partial charge in [-0.25, -0.2) is 0 Å². The van der Waals surface area contributed by atoms with E-state index in [2.05, 4.69) is 26.5 Å². The zero-order valence-corrected chi connectivity index (χ0v) is 8.75. The lowest BCUT2D eigenvalue weighted by Crippen LogP contribution is -1.93. The zero-order valence-electron chi connectivity index (χ0n) is 7.16. The Morgan fingerprint density at radius 2 is 1.85 bits per heavy atom. The number of allylic oxidation sites excluding steroid dienone is 2. The molecule has 0 saturated carbocycles. The Morgan fingerprint density at radius 1 is 1.15 bits per heavy atom. The van der Waals surface area contributed by atoms with Crippen molar-refractivity contribution >= 4 is 21.6 Å². The van der Waals surface area contributed by atoms with Crippen molar-refractivity contribution in [3.63, 3.8) is 0 Å². The molecule has 0 spiro atoms. The Labute approximate surface area is 85.5 Å². The summed E-state index contributed by atoms with van der Waals surface area (Å²) in [4.78, 5) is 0. The van der Waals surface area contributed by atoms with Crippen molar-refractivity contribution in [3.8, 4) is 0 Å². The van der Waals surface area contributed by atoms with Crippen LogP contribution < -0.4 is 5.43 Å². The van der Waals surface area contributed by atoms with E-state index in [1.165, 1.54) is 0 Å². The molecule has 1 radical (unpaired) electrons. The van der Waals surface area contributed by atoms with Gasteiger partial charge >= 0.3 is 0 Å². The summed E-state index contributed by atoms with van der Waals surface area (Å²) < 4.78 is 1.08. The predicted octanol–water partition coefficient (Wildman–Crippen LogP) is 2.68. The lowest BCUT2D eigenvalue weighted by molar-refractivity contribution is 0.895. The number of nitrogens with zero attached hydrogens (tertiary/aromatic N) is 2. The van der Waals surface area contributed by atoms with Crippen LogP contribution in [0.2, 0.25) is 0 Å². The van der Waals surface area contributed by atoms with E-state index in [9.17, 15) is 0 Å². The Hall–Kier alpha value is -1.09. The monoisotopic (exact) mass is 235 g/mol. The number of rotatable bonds is 1. The van der Waals surface area contributed by atoms with Gasteiger partial charge in [-0.1, -0.05) is 28.1 Å². The van der Waals surface area contributed by atoms with Gasteiger partial charge in [0.1, 0.15) is 0 Å². The molecule has 0 fully saturated rings. The molecule has 13 heavy (non-hydrogen) atoms. The quantitative estimate of drug-likeness (QED) is 0.716. The molecule has 65 valence electrons. The Bertz CT molecular complexity index is 376. The summed E-state index contributed by atoms with van der Waals surface area (Å²) in [5, 5.41) is 4.05. The molecule has 1 aromatic rings. The molecular weight excluding hydrogens is 228 g/mol. The van der Waals surface area contributed by atoms with E-state index in [0.717, 1.165) is 21.4 Å². The molecule has 0 saturated heterocycles. The van der Waals surface area contributed by atoms with E-state index in [4.69, 9.17) is 0 Å². The SMILES string of the molecule is CC1=CC(c2ccc(Br)cc2)=N[N]1. The highest BCUT2D eigenvalue weighted by Gasteiger charge is 2.07. The van der Waals surface area contributed by atoms with Crippen molar-refractivity contribution in [2.24, 2.45) is 5.10 Å². The highest BCUT2D eigenvalue weighted by molar-refractivity contribution is 9.10. The van der Waals surface area contributed by atoms with E-state index < -0.39 is 0 Å². The second kappa shape index (κ2) is 3.34. The maximum atomic E-state index is 4.05. The fourth-order valence-electron chi connectivity index (χ4n) is 1.15.